The van der Waals surface area contributed by atoms with Crippen LogP contribution in [0, 0.1) is 0 Å². The van der Waals surface area contributed by atoms with Crippen LogP contribution in [0.25, 0.3) is 0 Å². The highest BCUT2D eigenvalue weighted by Crippen LogP contribution is 2.23. The first kappa shape index (κ1) is 61.4. The second-order valence-corrected chi connectivity index (χ2v) is 18.3. The molecular weight excluding hydrogens is 827 g/mol. The Kier molecular flexibility index (Phi) is 42.9. The van der Waals surface area contributed by atoms with Crippen LogP contribution in [0.3, 0.4) is 0 Å². The third-order valence-electron chi connectivity index (χ3n) is 12.2. The van der Waals surface area contributed by atoms with Crippen molar-refractivity contribution in [2.75, 3.05) is 13.2 Å². The van der Waals surface area contributed by atoms with Gasteiger partial charge in [0.2, 0.25) is 5.91 Å². The molecule has 0 saturated carbocycles. The van der Waals surface area contributed by atoms with E-state index in [0.717, 1.165) is 57.8 Å². The van der Waals surface area contributed by atoms with Crippen molar-refractivity contribution in [2.45, 2.75) is 256 Å². The number of carbonyl (C=O) groups is 1. The Bertz CT molecular complexity index is 1300. The first-order valence-electron chi connectivity index (χ1n) is 26.8. The highest BCUT2D eigenvalue weighted by Gasteiger charge is 2.44. The van der Waals surface area contributed by atoms with Gasteiger partial charge in [-0.05, 0) is 57.8 Å². The van der Waals surface area contributed by atoms with Gasteiger partial charge in [0.15, 0.2) is 6.29 Å². The van der Waals surface area contributed by atoms with Gasteiger partial charge in [0.05, 0.1) is 25.4 Å². The summed E-state index contributed by atoms with van der Waals surface area (Å²) in [5, 5.41) is 54.3. The lowest BCUT2D eigenvalue weighted by Gasteiger charge is -2.40. The number of ether oxygens (including phenoxy) is 2. The van der Waals surface area contributed by atoms with Gasteiger partial charge in [-0.25, -0.2) is 0 Å². The maximum absolute atomic E-state index is 13.0. The Morgan fingerprint density at radius 1 is 0.530 bits per heavy atom. The summed E-state index contributed by atoms with van der Waals surface area (Å²) >= 11 is 0. The molecule has 0 radical (unpaired) electrons. The smallest absolute Gasteiger partial charge is 0.220 e. The van der Waals surface area contributed by atoms with E-state index in [2.05, 4.69) is 79.9 Å². The summed E-state index contributed by atoms with van der Waals surface area (Å²) in [6.45, 7) is 3.62. The summed E-state index contributed by atoms with van der Waals surface area (Å²) in [6.07, 6.45) is 57.9. The number of aliphatic hydroxyl groups excluding tert-OH is 5. The molecule has 1 saturated heterocycles. The number of nitrogens with one attached hydrogen (secondary N) is 1. The molecule has 1 aliphatic heterocycles. The van der Waals surface area contributed by atoms with Gasteiger partial charge < -0.3 is 40.3 Å². The van der Waals surface area contributed by atoms with Gasteiger partial charge in [-0.2, -0.15) is 0 Å². The van der Waals surface area contributed by atoms with Gasteiger partial charge >= 0.3 is 0 Å². The Morgan fingerprint density at radius 2 is 0.939 bits per heavy atom. The monoisotopic (exact) mass is 926 g/mol. The third kappa shape index (κ3) is 35.5. The number of hydrogen-bond donors (Lipinski definition) is 6. The van der Waals surface area contributed by atoms with Gasteiger partial charge in [0.25, 0.3) is 0 Å². The minimum absolute atomic E-state index is 0.217. The fraction of sp³-hybridized carbons (Fsp3) is 0.737. The van der Waals surface area contributed by atoms with Crippen LogP contribution in [0.5, 0.6) is 0 Å². The van der Waals surface area contributed by atoms with E-state index >= 15 is 0 Å². The summed E-state index contributed by atoms with van der Waals surface area (Å²) in [6, 6.07) is -0.851. The van der Waals surface area contributed by atoms with Crippen LogP contribution in [0.15, 0.2) is 85.1 Å². The van der Waals surface area contributed by atoms with Crippen molar-refractivity contribution >= 4 is 5.91 Å². The summed E-state index contributed by atoms with van der Waals surface area (Å²) in [4.78, 5) is 13.0. The summed E-state index contributed by atoms with van der Waals surface area (Å²) < 4.78 is 11.2. The van der Waals surface area contributed by atoms with Crippen LogP contribution in [0.1, 0.15) is 213 Å². The quantitative estimate of drug-likeness (QED) is 0.0261. The van der Waals surface area contributed by atoms with Crippen LogP contribution in [-0.4, -0.2) is 87.5 Å². The second kappa shape index (κ2) is 46.1. The lowest BCUT2D eigenvalue weighted by molar-refractivity contribution is -0.302. The van der Waals surface area contributed by atoms with E-state index < -0.39 is 49.5 Å². The van der Waals surface area contributed by atoms with Crippen LogP contribution in [0.4, 0.5) is 0 Å². The minimum atomic E-state index is -1.58. The number of unbranched alkanes of at least 4 members (excludes halogenated alkanes) is 22. The van der Waals surface area contributed by atoms with Gasteiger partial charge in [0, 0.05) is 6.42 Å². The molecule has 9 nitrogen and oxygen atoms in total. The topological polar surface area (TPSA) is 149 Å². The molecule has 1 amide bonds. The first-order chi connectivity index (χ1) is 32.3. The largest absolute Gasteiger partial charge is 0.394 e. The molecule has 6 N–H and O–H groups in total. The molecule has 66 heavy (non-hydrogen) atoms. The summed E-state index contributed by atoms with van der Waals surface area (Å²) in [7, 11) is 0. The maximum atomic E-state index is 13.0. The summed E-state index contributed by atoms with van der Waals surface area (Å²) in [5.74, 6) is -0.260. The van der Waals surface area contributed by atoms with E-state index in [-0.39, 0.29) is 18.9 Å². The van der Waals surface area contributed by atoms with E-state index in [4.69, 9.17) is 9.47 Å². The zero-order valence-corrected chi connectivity index (χ0v) is 41.9. The molecule has 0 aromatic rings. The number of allylic oxidation sites excluding steroid dienone is 13. The highest BCUT2D eigenvalue weighted by atomic mass is 16.7. The average molecular weight is 926 g/mol. The van der Waals surface area contributed by atoms with Crippen molar-refractivity contribution in [2.24, 2.45) is 0 Å². The molecule has 1 fully saturated rings. The van der Waals surface area contributed by atoms with Gasteiger partial charge in [-0.3, -0.25) is 4.79 Å². The molecule has 7 atom stereocenters. The molecule has 7 unspecified atom stereocenters. The molecule has 0 bridgehead atoms. The number of rotatable bonds is 44. The molecule has 0 spiro atoms. The molecule has 1 rings (SSSR count). The van der Waals surface area contributed by atoms with E-state index in [9.17, 15) is 30.3 Å². The van der Waals surface area contributed by atoms with Crippen LogP contribution < -0.4 is 5.32 Å². The first-order valence-corrected chi connectivity index (χ1v) is 26.8. The fourth-order valence-electron chi connectivity index (χ4n) is 8.00. The lowest BCUT2D eigenvalue weighted by Crippen LogP contribution is -2.60. The van der Waals surface area contributed by atoms with E-state index in [0.29, 0.717) is 6.42 Å². The standard InChI is InChI=1S/C57H99NO8/c1-3-5-7-9-11-13-15-17-19-21-23-24-25-26-27-29-30-32-34-36-38-40-42-44-46-51(60)50(49-65-57-56(64)55(63)54(62)52(48-59)66-57)58-53(61)47-45-43-41-39-37-35-33-31-28-22-20-18-16-14-12-10-8-6-4-2/h6,8,12,14,18,20,28,31,35,37,41,43-44,46,50-52,54-57,59-60,62-64H,3-5,7,9-11,13,15-17,19,21-27,29-30,32-34,36,38-40,42,45,47-49H2,1-2H3,(H,58,61)/b8-6-,14-12-,20-18-,31-28-,37-35-,43-41-,46-44+. The molecule has 380 valence electrons. The molecule has 0 aromatic heterocycles. The third-order valence-corrected chi connectivity index (χ3v) is 12.2. The number of aliphatic hydroxyl groups is 5. The van der Waals surface area contributed by atoms with E-state index in [1.165, 1.54) is 128 Å². The molecule has 0 aliphatic carbocycles. The number of hydrogen-bond acceptors (Lipinski definition) is 8. The molecular formula is C57H99NO8. The second-order valence-electron chi connectivity index (χ2n) is 18.3. The average Bonchev–Trinajstić information content (AvgIpc) is 3.32. The maximum Gasteiger partial charge on any atom is 0.220 e. The number of amides is 1. The van der Waals surface area contributed by atoms with Crippen molar-refractivity contribution < 1.29 is 39.8 Å². The zero-order valence-electron chi connectivity index (χ0n) is 41.9. The normalized spacial score (nSPS) is 20.5. The van der Waals surface area contributed by atoms with Crippen LogP contribution in [0.2, 0.25) is 0 Å². The fourth-order valence-corrected chi connectivity index (χ4v) is 8.00. The van der Waals surface area contributed by atoms with E-state index in [1.54, 1.807) is 6.08 Å². The molecule has 9 heteroatoms. The SMILES string of the molecule is CC/C=C\C/C=C\C/C=C\C/C=C\C/C=C\C/C=C\CCC(=O)NC(COC1OC(CO)C(O)C(O)C1O)C(O)/C=C/CCCCCCCCCCCCCCCCCCCCCCCC. The summed E-state index contributed by atoms with van der Waals surface area (Å²) in [5.41, 5.74) is 0. The van der Waals surface area contributed by atoms with Crippen LogP contribution in [-0.2, 0) is 14.3 Å². The van der Waals surface area contributed by atoms with Crippen molar-refractivity contribution in [3.05, 3.63) is 85.1 Å². The Balaban J connectivity index is 2.32. The Labute approximate surface area is 403 Å². The van der Waals surface area contributed by atoms with Gasteiger partial charge in [-0.1, -0.05) is 234 Å². The lowest BCUT2D eigenvalue weighted by atomic mass is 9.99. The predicted molar refractivity (Wildman–Crippen MR) is 276 cm³/mol. The van der Waals surface area contributed by atoms with Gasteiger partial charge in [-0.15, -0.1) is 0 Å². The van der Waals surface area contributed by atoms with E-state index in [1.807, 2.05) is 18.2 Å². The van der Waals surface area contributed by atoms with Crippen molar-refractivity contribution in [1.29, 1.82) is 0 Å². The number of carbonyl (C=O) groups excluding carboxylic acids is 1. The molecule has 1 heterocycles. The van der Waals surface area contributed by atoms with Crippen molar-refractivity contribution in [1.82, 2.24) is 5.32 Å². The van der Waals surface area contributed by atoms with Crippen molar-refractivity contribution in [3.63, 3.8) is 0 Å². The predicted octanol–water partition coefficient (Wildman–Crippen LogP) is 12.7. The molecule has 1 aliphatic rings. The Hall–Kier alpha value is -2.63. The zero-order chi connectivity index (χ0) is 48.0. The minimum Gasteiger partial charge on any atom is -0.394 e. The van der Waals surface area contributed by atoms with Crippen molar-refractivity contribution in [3.8, 4) is 0 Å². The molecule has 0 aromatic carbocycles. The Morgan fingerprint density at radius 3 is 1.36 bits per heavy atom. The van der Waals surface area contributed by atoms with Gasteiger partial charge in [0.1, 0.15) is 24.4 Å². The highest BCUT2D eigenvalue weighted by molar-refractivity contribution is 5.76. The van der Waals surface area contributed by atoms with Crippen LogP contribution >= 0.6 is 0 Å².